The summed E-state index contributed by atoms with van der Waals surface area (Å²) in [4.78, 5) is 22.3. The molecule has 0 saturated carbocycles. The van der Waals surface area contributed by atoms with Crippen LogP contribution in [0, 0.1) is 0 Å². The minimum absolute atomic E-state index is 0.0790. The molecule has 0 amide bonds. The maximum Gasteiger partial charge on any atom is 0.389 e. The Morgan fingerprint density at radius 2 is 2.07 bits per heavy atom. The van der Waals surface area contributed by atoms with Crippen LogP contribution in [-0.2, 0) is 13.0 Å². The second-order valence-corrected chi connectivity index (χ2v) is 6.91. The van der Waals surface area contributed by atoms with Crippen molar-refractivity contribution in [1.29, 1.82) is 0 Å². The van der Waals surface area contributed by atoms with Crippen LogP contribution in [0.3, 0.4) is 0 Å². The van der Waals surface area contributed by atoms with E-state index < -0.39 is 18.6 Å². The van der Waals surface area contributed by atoms with Crippen LogP contribution in [0.1, 0.15) is 35.7 Å². The molecule has 0 fully saturated rings. The molecule has 6 nitrogen and oxygen atoms in total. The normalized spacial score (nSPS) is 15.0. The summed E-state index contributed by atoms with van der Waals surface area (Å²) < 4.78 is 39.4. The Morgan fingerprint density at radius 3 is 2.71 bits per heavy atom. The summed E-state index contributed by atoms with van der Waals surface area (Å²) in [5, 5.41) is 6.53. The van der Waals surface area contributed by atoms with Gasteiger partial charge >= 0.3 is 6.18 Å². The summed E-state index contributed by atoms with van der Waals surface area (Å²) in [5.41, 5.74) is 1.33. The van der Waals surface area contributed by atoms with Gasteiger partial charge in [0.25, 0.3) is 5.56 Å². The third-order valence-electron chi connectivity index (χ3n) is 4.54. The number of rotatable bonds is 6. The first-order valence-corrected chi connectivity index (χ1v) is 9.15. The Kier molecular flexibility index (Phi) is 6.14. The van der Waals surface area contributed by atoms with Crippen molar-refractivity contribution in [3.8, 4) is 0 Å². The molecule has 10 heteroatoms. The van der Waals surface area contributed by atoms with Gasteiger partial charge in [-0.2, -0.15) is 13.2 Å². The molecular formula is C18H20ClF3N4O2. The van der Waals surface area contributed by atoms with E-state index in [1.165, 1.54) is 7.11 Å². The van der Waals surface area contributed by atoms with Crippen molar-refractivity contribution < 1.29 is 18.0 Å². The molecule has 1 aromatic heterocycles. The molecule has 1 aliphatic rings. The molecule has 1 atom stereocenters. The number of anilines is 1. The number of alkyl halides is 3. The highest BCUT2D eigenvalue weighted by atomic mass is 35.5. The highest BCUT2D eigenvalue weighted by Crippen LogP contribution is 2.30. The largest absolute Gasteiger partial charge is 0.411 e. The van der Waals surface area contributed by atoms with Gasteiger partial charge in [-0.05, 0) is 24.1 Å². The first kappa shape index (κ1) is 20.5. The van der Waals surface area contributed by atoms with Crippen LogP contribution in [0.25, 0.3) is 0 Å². The smallest absolute Gasteiger partial charge is 0.389 e. The minimum Gasteiger partial charge on any atom is -0.411 e. The first-order valence-electron chi connectivity index (χ1n) is 8.77. The van der Waals surface area contributed by atoms with Crippen molar-refractivity contribution in [3.05, 3.63) is 56.5 Å². The van der Waals surface area contributed by atoms with Gasteiger partial charge in [-0.1, -0.05) is 23.7 Å². The van der Waals surface area contributed by atoms with E-state index >= 15 is 0 Å². The molecule has 1 aliphatic heterocycles. The van der Waals surface area contributed by atoms with Crippen LogP contribution >= 0.6 is 11.6 Å². The first-order chi connectivity index (χ1) is 13.3. The van der Waals surface area contributed by atoms with Crippen LogP contribution in [0.2, 0.25) is 5.02 Å². The fourth-order valence-electron chi connectivity index (χ4n) is 3.13. The van der Waals surface area contributed by atoms with Crippen LogP contribution in [0.15, 0.2) is 29.1 Å². The molecule has 3 rings (SSSR count). The van der Waals surface area contributed by atoms with Crippen LogP contribution in [-0.4, -0.2) is 29.5 Å². The van der Waals surface area contributed by atoms with Crippen LogP contribution in [0.5, 0.6) is 0 Å². The SMILES string of the molecule is COn1c(NC(CCC(F)(F)F)c2ccc(Cl)cc2)nc2c(c1=O)CNCC2. The van der Waals surface area contributed by atoms with Crippen molar-refractivity contribution in [3.63, 3.8) is 0 Å². The number of nitrogens with zero attached hydrogens (tertiary/aromatic N) is 2. The fraction of sp³-hybridized carbons (Fsp3) is 0.444. The van der Waals surface area contributed by atoms with Crippen molar-refractivity contribution in [2.24, 2.45) is 0 Å². The summed E-state index contributed by atoms with van der Waals surface area (Å²) in [5.74, 6) is 0.0790. The molecule has 2 aromatic rings. The van der Waals surface area contributed by atoms with Crippen LogP contribution in [0.4, 0.5) is 19.1 Å². The molecule has 28 heavy (non-hydrogen) atoms. The minimum atomic E-state index is -4.30. The molecule has 0 bridgehead atoms. The summed E-state index contributed by atoms with van der Waals surface area (Å²) in [6, 6.07) is 5.78. The zero-order valence-electron chi connectivity index (χ0n) is 15.1. The molecule has 1 unspecified atom stereocenters. The molecule has 152 valence electrons. The Bertz CT molecular complexity index is 884. The average Bonchev–Trinajstić information content (AvgIpc) is 2.65. The van der Waals surface area contributed by atoms with Gasteiger partial charge in [-0.15, -0.1) is 4.73 Å². The van der Waals surface area contributed by atoms with Crippen molar-refractivity contribution in [2.45, 2.75) is 38.0 Å². The Morgan fingerprint density at radius 1 is 1.36 bits per heavy atom. The predicted octanol–water partition coefficient (Wildman–Crippen LogP) is 3.10. The van der Waals surface area contributed by atoms with E-state index in [9.17, 15) is 18.0 Å². The number of hydrogen-bond acceptors (Lipinski definition) is 5. The second-order valence-electron chi connectivity index (χ2n) is 6.47. The lowest BCUT2D eigenvalue weighted by Crippen LogP contribution is -2.38. The van der Waals surface area contributed by atoms with Crippen molar-refractivity contribution in [1.82, 2.24) is 15.0 Å². The zero-order valence-corrected chi connectivity index (χ0v) is 15.9. The van der Waals surface area contributed by atoms with Gasteiger partial charge in [-0.25, -0.2) is 4.98 Å². The number of halogens is 4. The van der Waals surface area contributed by atoms with Crippen molar-refractivity contribution >= 4 is 17.5 Å². The van der Waals surface area contributed by atoms with E-state index in [0.717, 1.165) is 4.73 Å². The second kappa shape index (κ2) is 8.40. The van der Waals surface area contributed by atoms with Gasteiger partial charge in [0, 0.05) is 31.0 Å². The maximum atomic E-state index is 12.8. The van der Waals surface area contributed by atoms with E-state index in [-0.39, 0.29) is 17.9 Å². The number of aromatic nitrogens is 2. The predicted molar refractivity (Wildman–Crippen MR) is 99.5 cm³/mol. The Hall–Kier alpha value is -2.26. The van der Waals surface area contributed by atoms with E-state index in [2.05, 4.69) is 15.6 Å². The third-order valence-corrected chi connectivity index (χ3v) is 4.79. The number of benzene rings is 1. The van der Waals surface area contributed by atoms with E-state index in [4.69, 9.17) is 16.4 Å². The van der Waals surface area contributed by atoms with E-state index in [1.807, 2.05) is 0 Å². The Balaban J connectivity index is 1.96. The topological polar surface area (TPSA) is 68.2 Å². The molecule has 0 radical (unpaired) electrons. The van der Waals surface area contributed by atoms with Crippen LogP contribution < -0.4 is 21.0 Å². The summed E-state index contributed by atoms with van der Waals surface area (Å²) >= 11 is 5.89. The highest BCUT2D eigenvalue weighted by Gasteiger charge is 2.30. The molecular weight excluding hydrogens is 397 g/mol. The lowest BCUT2D eigenvalue weighted by Gasteiger charge is -2.24. The number of fused-ring (bicyclic) bond motifs is 1. The average molecular weight is 417 g/mol. The van der Waals surface area contributed by atoms with Gasteiger partial charge < -0.3 is 15.5 Å². The lowest BCUT2D eigenvalue weighted by atomic mass is 10.0. The number of hydrogen-bond donors (Lipinski definition) is 2. The van der Waals surface area contributed by atoms with Crippen molar-refractivity contribution in [2.75, 3.05) is 19.0 Å². The fourth-order valence-corrected chi connectivity index (χ4v) is 3.25. The van der Waals surface area contributed by atoms with Gasteiger partial charge in [0.05, 0.1) is 17.3 Å². The number of nitrogens with one attached hydrogen (secondary N) is 2. The molecule has 2 heterocycles. The molecule has 0 spiro atoms. The monoisotopic (exact) mass is 416 g/mol. The van der Waals surface area contributed by atoms with E-state index in [1.54, 1.807) is 24.3 Å². The summed E-state index contributed by atoms with van der Waals surface area (Å²) in [6.07, 6.45) is -4.97. The molecule has 1 aromatic carbocycles. The van der Waals surface area contributed by atoms with Gasteiger partial charge in [-0.3, -0.25) is 4.79 Å². The highest BCUT2D eigenvalue weighted by molar-refractivity contribution is 6.30. The molecule has 2 N–H and O–H groups in total. The summed E-state index contributed by atoms with van der Waals surface area (Å²) in [6.45, 7) is 1.05. The zero-order chi connectivity index (χ0) is 20.3. The third kappa shape index (κ3) is 4.77. The maximum absolute atomic E-state index is 12.8. The standard InChI is InChI=1S/C18H20ClF3N4O2/c1-28-26-16(27)13-10-23-9-7-15(13)25-17(26)24-14(6-8-18(20,21)22)11-2-4-12(19)5-3-11/h2-5,14,23H,6-10H2,1H3,(H,24,25). The van der Waals surface area contributed by atoms with E-state index in [0.29, 0.717) is 41.4 Å². The lowest BCUT2D eigenvalue weighted by molar-refractivity contribution is -0.136. The van der Waals surface area contributed by atoms with Gasteiger partial charge in [0.2, 0.25) is 5.95 Å². The molecule has 0 aliphatic carbocycles. The van der Waals surface area contributed by atoms with Gasteiger partial charge in [0.1, 0.15) is 7.11 Å². The quantitative estimate of drug-likeness (QED) is 0.757. The summed E-state index contributed by atoms with van der Waals surface area (Å²) in [7, 11) is 1.31. The Labute approximate surface area is 164 Å². The van der Waals surface area contributed by atoms with Gasteiger partial charge in [0.15, 0.2) is 0 Å². The molecule has 0 saturated heterocycles.